The van der Waals surface area contributed by atoms with Crippen LogP contribution in [0.3, 0.4) is 0 Å². The lowest BCUT2D eigenvalue weighted by atomic mass is 9.94. The van der Waals surface area contributed by atoms with E-state index in [0.717, 1.165) is 18.7 Å². The van der Waals surface area contributed by atoms with Crippen LogP contribution in [0.15, 0.2) is 29.5 Å². The molecule has 9 heteroatoms. The van der Waals surface area contributed by atoms with E-state index in [9.17, 15) is 9.59 Å². The van der Waals surface area contributed by atoms with Gasteiger partial charge in [-0.2, -0.15) is 0 Å². The van der Waals surface area contributed by atoms with Crippen LogP contribution >= 0.6 is 0 Å². The molecule has 28 heavy (non-hydrogen) atoms. The van der Waals surface area contributed by atoms with Crippen molar-refractivity contribution in [1.82, 2.24) is 10.6 Å². The molecule has 0 bridgehead atoms. The lowest BCUT2D eigenvalue weighted by Crippen LogP contribution is -3.14. The number of hydrogen-bond donors (Lipinski definition) is 3. The van der Waals surface area contributed by atoms with Crippen LogP contribution in [-0.4, -0.2) is 58.2 Å². The van der Waals surface area contributed by atoms with Gasteiger partial charge >= 0.3 is 12.0 Å². The van der Waals surface area contributed by atoms with E-state index >= 15 is 0 Å². The van der Waals surface area contributed by atoms with Gasteiger partial charge in [0.2, 0.25) is 6.79 Å². The maximum Gasteiger partial charge on any atom is 0.338 e. The first-order chi connectivity index (χ1) is 13.7. The number of fused-ring (bicyclic) bond motifs is 1. The summed E-state index contributed by atoms with van der Waals surface area (Å²) < 4.78 is 21.5. The summed E-state index contributed by atoms with van der Waals surface area (Å²) in [7, 11) is 0. The van der Waals surface area contributed by atoms with E-state index in [1.807, 2.05) is 6.07 Å². The Kier molecular flexibility index (Phi) is 5.36. The van der Waals surface area contributed by atoms with Gasteiger partial charge in [0.15, 0.2) is 11.5 Å². The van der Waals surface area contributed by atoms with E-state index in [1.165, 1.54) is 4.90 Å². The highest BCUT2D eigenvalue weighted by Gasteiger charge is 2.36. The van der Waals surface area contributed by atoms with Gasteiger partial charge < -0.3 is 34.5 Å². The number of benzene rings is 1. The summed E-state index contributed by atoms with van der Waals surface area (Å²) in [5, 5.41) is 5.66. The minimum Gasteiger partial charge on any atom is -0.463 e. The molecule has 0 saturated carbocycles. The quantitative estimate of drug-likeness (QED) is 0.587. The Bertz CT molecular complexity index is 803. The van der Waals surface area contributed by atoms with E-state index in [1.54, 1.807) is 19.1 Å². The van der Waals surface area contributed by atoms with Gasteiger partial charge in [-0.05, 0) is 24.6 Å². The van der Waals surface area contributed by atoms with Gasteiger partial charge in [-0.3, -0.25) is 0 Å². The van der Waals surface area contributed by atoms with Crippen LogP contribution in [0.4, 0.5) is 4.79 Å². The first kappa shape index (κ1) is 18.6. The number of carbonyl (C=O) groups is 2. The van der Waals surface area contributed by atoms with Gasteiger partial charge in [0.25, 0.3) is 0 Å². The van der Waals surface area contributed by atoms with E-state index in [-0.39, 0.29) is 19.4 Å². The third kappa shape index (κ3) is 3.76. The Labute approximate surface area is 162 Å². The number of amides is 2. The monoisotopic (exact) mass is 390 g/mol. The number of rotatable bonds is 5. The van der Waals surface area contributed by atoms with Crippen LogP contribution in [-0.2, 0) is 14.3 Å². The zero-order valence-electron chi connectivity index (χ0n) is 15.7. The first-order valence-electron chi connectivity index (χ1n) is 9.44. The molecule has 0 aliphatic carbocycles. The molecule has 0 radical (unpaired) electrons. The fourth-order valence-electron chi connectivity index (χ4n) is 3.64. The normalized spacial score (nSPS) is 21.9. The largest absolute Gasteiger partial charge is 0.463 e. The van der Waals surface area contributed by atoms with Crippen molar-refractivity contribution in [2.45, 2.75) is 13.0 Å². The van der Waals surface area contributed by atoms with Crippen molar-refractivity contribution in [3.63, 3.8) is 0 Å². The highest BCUT2D eigenvalue weighted by Crippen LogP contribution is 2.36. The van der Waals surface area contributed by atoms with E-state index in [4.69, 9.17) is 18.9 Å². The lowest BCUT2D eigenvalue weighted by Gasteiger charge is -2.31. The van der Waals surface area contributed by atoms with E-state index in [0.29, 0.717) is 42.5 Å². The van der Waals surface area contributed by atoms with Gasteiger partial charge in [0.05, 0.1) is 37.1 Å². The zero-order chi connectivity index (χ0) is 19.5. The molecule has 0 aromatic heterocycles. The molecule has 1 fully saturated rings. The fraction of sp³-hybridized carbons (Fsp3) is 0.474. The van der Waals surface area contributed by atoms with Gasteiger partial charge in [0.1, 0.15) is 19.6 Å². The number of ether oxygens (including phenoxy) is 4. The molecular weight excluding hydrogens is 366 g/mol. The number of hydrogen-bond acceptors (Lipinski definition) is 6. The zero-order valence-corrected chi connectivity index (χ0v) is 15.7. The average molecular weight is 390 g/mol. The van der Waals surface area contributed by atoms with Crippen molar-refractivity contribution in [2.24, 2.45) is 0 Å². The molecule has 1 saturated heterocycles. The second-order valence-corrected chi connectivity index (χ2v) is 6.80. The molecule has 3 N–H and O–H groups in total. The molecule has 3 aliphatic heterocycles. The molecule has 1 atom stereocenters. The number of urea groups is 1. The average Bonchev–Trinajstić information content (AvgIpc) is 3.16. The summed E-state index contributed by atoms with van der Waals surface area (Å²) in [5.41, 5.74) is 1.73. The van der Waals surface area contributed by atoms with Crippen molar-refractivity contribution < 1.29 is 33.4 Å². The Hall–Kier alpha value is -2.78. The molecule has 3 aliphatic rings. The molecule has 4 rings (SSSR count). The predicted octanol–water partition coefficient (Wildman–Crippen LogP) is -0.498. The minimum absolute atomic E-state index is 0.156. The van der Waals surface area contributed by atoms with Gasteiger partial charge in [-0.1, -0.05) is 6.07 Å². The lowest BCUT2D eigenvalue weighted by molar-refractivity contribution is -0.903. The molecule has 0 spiro atoms. The number of morpholine rings is 1. The van der Waals surface area contributed by atoms with E-state index < -0.39 is 12.0 Å². The van der Waals surface area contributed by atoms with E-state index in [2.05, 4.69) is 10.6 Å². The molecule has 3 heterocycles. The maximum absolute atomic E-state index is 12.8. The summed E-state index contributed by atoms with van der Waals surface area (Å²) in [6, 6.07) is 4.41. The van der Waals surface area contributed by atoms with Crippen molar-refractivity contribution in [3.05, 3.63) is 35.0 Å². The third-order valence-corrected chi connectivity index (χ3v) is 5.01. The summed E-state index contributed by atoms with van der Waals surface area (Å²) in [6.45, 7) is 5.65. The van der Waals surface area contributed by atoms with Crippen LogP contribution in [0.1, 0.15) is 18.5 Å². The topological polar surface area (TPSA) is 99.6 Å². The van der Waals surface area contributed by atoms with Crippen LogP contribution in [0.25, 0.3) is 0 Å². The van der Waals surface area contributed by atoms with Crippen molar-refractivity contribution >= 4 is 12.0 Å². The maximum atomic E-state index is 12.8. The van der Waals surface area contributed by atoms with Crippen molar-refractivity contribution in [2.75, 3.05) is 46.2 Å². The highest BCUT2D eigenvalue weighted by atomic mass is 16.7. The fourth-order valence-corrected chi connectivity index (χ4v) is 3.64. The molecule has 150 valence electrons. The highest BCUT2D eigenvalue weighted by molar-refractivity contribution is 5.95. The molecule has 2 amide bonds. The van der Waals surface area contributed by atoms with Gasteiger partial charge in [0, 0.05) is 0 Å². The predicted molar refractivity (Wildman–Crippen MR) is 97.0 cm³/mol. The minimum atomic E-state index is -0.627. The Balaban J connectivity index is 1.70. The number of nitrogens with one attached hydrogen (secondary N) is 3. The number of carbonyl (C=O) groups excluding carboxylic acids is 2. The second kappa shape index (κ2) is 8.07. The molecular formula is C19H24N3O6+. The molecule has 9 nitrogen and oxygen atoms in total. The first-order valence-corrected chi connectivity index (χ1v) is 9.44. The van der Waals surface area contributed by atoms with Crippen LogP contribution in [0.5, 0.6) is 11.5 Å². The van der Waals surface area contributed by atoms with Gasteiger partial charge in [-0.15, -0.1) is 0 Å². The smallest absolute Gasteiger partial charge is 0.338 e. The van der Waals surface area contributed by atoms with Crippen molar-refractivity contribution in [1.29, 1.82) is 0 Å². The summed E-state index contributed by atoms with van der Waals surface area (Å²) in [4.78, 5) is 26.4. The Morgan fingerprint density at radius 2 is 2.04 bits per heavy atom. The SMILES string of the molecule is CCOC(=O)C1=C(C[NH+]2CCOCC2)NC(=O)N[C@@H]1c1ccc2c(c1)OCO2. The third-order valence-electron chi connectivity index (χ3n) is 5.01. The molecule has 1 aromatic carbocycles. The number of esters is 1. The van der Waals surface area contributed by atoms with Crippen molar-refractivity contribution in [3.8, 4) is 11.5 Å². The summed E-state index contributed by atoms with van der Waals surface area (Å²) in [5.74, 6) is 0.790. The number of quaternary nitrogens is 1. The standard InChI is InChI=1S/C19H23N3O6/c1-2-26-18(23)16-13(10-22-5-7-25-8-6-22)20-19(24)21-17(16)12-3-4-14-15(9-12)28-11-27-14/h3-4,9,17H,2,5-8,10-11H2,1H3,(H2,20,21,24)/p+1/t17-/m1/s1. The molecule has 1 aromatic rings. The molecule has 0 unspecified atom stereocenters. The Morgan fingerprint density at radius 1 is 1.25 bits per heavy atom. The van der Waals surface area contributed by atoms with Crippen LogP contribution in [0, 0.1) is 0 Å². The van der Waals surface area contributed by atoms with Crippen LogP contribution in [0.2, 0.25) is 0 Å². The summed E-state index contributed by atoms with van der Waals surface area (Å²) in [6.07, 6.45) is 0. The van der Waals surface area contributed by atoms with Gasteiger partial charge in [-0.25, -0.2) is 9.59 Å². The second-order valence-electron chi connectivity index (χ2n) is 6.80. The summed E-state index contributed by atoms with van der Waals surface area (Å²) >= 11 is 0. The Morgan fingerprint density at radius 3 is 2.82 bits per heavy atom. The van der Waals surface area contributed by atoms with Crippen LogP contribution < -0.4 is 25.0 Å².